The van der Waals surface area contributed by atoms with Crippen LogP contribution < -0.4 is 5.32 Å². The van der Waals surface area contributed by atoms with E-state index in [1.807, 2.05) is 11.3 Å². The highest BCUT2D eigenvalue weighted by atomic mass is 32.1. The summed E-state index contributed by atoms with van der Waals surface area (Å²) in [5.41, 5.74) is 0. The van der Waals surface area contributed by atoms with Crippen molar-refractivity contribution in [1.29, 1.82) is 0 Å². The summed E-state index contributed by atoms with van der Waals surface area (Å²) in [6, 6.07) is 6.46. The van der Waals surface area contributed by atoms with Gasteiger partial charge in [-0.2, -0.15) is 0 Å². The molecule has 0 saturated carbocycles. The van der Waals surface area contributed by atoms with Gasteiger partial charge in [-0.15, -0.1) is 11.3 Å². The molecule has 1 aromatic rings. The smallest absolute Gasteiger partial charge is 0.0417 e. The van der Waals surface area contributed by atoms with Crippen LogP contribution in [0.2, 0.25) is 0 Å². The zero-order valence-electron chi connectivity index (χ0n) is 12.1. The van der Waals surface area contributed by atoms with Gasteiger partial charge in [0.05, 0.1) is 0 Å². The fourth-order valence-corrected chi connectivity index (χ4v) is 3.81. The van der Waals surface area contributed by atoms with E-state index >= 15 is 0 Å². The number of nitrogens with zero attached hydrogens (tertiary/aromatic N) is 1. The Kier molecular flexibility index (Phi) is 4.82. The molecule has 0 spiro atoms. The lowest BCUT2D eigenvalue weighted by atomic mass is 10.0. The Morgan fingerprint density at radius 3 is 2.72 bits per heavy atom. The molecule has 0 radical (unpaired) electrons. The molecule has 1 aliphatic heterocycles. The number of aryl methyl sites for hydroxylation is 1. The van der Waals surface area contributed by atoms with E-state index in [9.17, 15) is 0 Å². The maximum absolute atomic E-state index is 3.67. The molecule has 0 aliphatic carbocycles. The third kappa shape index (κ3) is 2.95. The van der Waals surface area contributed by atoms with E-state index in [1.54, 1.807) is 0 Å². The number of nitrogens with one attached hydrogen (secondary N) is 1. The van der Waals surface area contributed by atoms with Gasteiger partial charge in [-0.25, -0.2) is 0 Å². The fourth-order valence-electron chi connectivity index (χ4n) is 2.86. The van der Waals surface area contributed by atoms with Crippen LogP contribution in [0.1, 0.15) is 49.4 Å². The highest BCUT2D eigenvalue weighted by molar-refractivity contribution is 7.12. The normalized spacial score (nSPS) is 27.3. The fraction of sp³-hybridized carbons (Fsp3) is 0.733. The average molecular weight is 266 g/mol. The van der Waals surface area contributed by atoms with E-state index in [0.29, 0.717) is 18.1 Å². The summed E-state index contributed by atoms with van der Waals surface area (Å²) in [4.78, 5) is 5.64. The number of hydrogen-bond donors (Lipinski definition) is 1. The van der Waals surface area contributed by atoms with E-state index in [0.717, 1.165) is 6.54 Å². The predicted octanol–water partition coefficient (Wildman–Crippen LogP) is 3.58. The van der Waals surface area contributed by atoms with Gasteiger partial charge < -0.3 is 5.32 Å². The first-order valence-electron chi connectivity index (χ1n) is 7.21. The third-order valence-corrected chi connectivity index (χ3v) is 5.35. The van der Waals surface area contributed by atoms with Gasteiger partial charge in [0, 0.05) is 41.0 Å². The minimum Gasteiger partial charge on any atom is -0.311 e. The van der Waals surface area contributed by atoms with Gasteiger partial charge in [0.25, 0.3) is 0 Å². The van der Waals surface area contributed by atoms with Gasteiger partial charge in [0.2, 0.25) is 0 Å². The molecule has 18 heavy (non-hydrogen) atoms. The second-order valence-electron chi connectivity index (χ2n) is 5.40. The van der Waals surface area contributed by atoms with Crippen molar-refractivity contribution in [3.63, 3.8) is 0 Å². The summed E-state index contributed by atoms with van der Waals surface area (Å²) in [7, 11) is 0. The molecule has 2 rings (SSSR count). The maximum Gasteiger partial charge on any atom is 0.0417 e. The zero-order valence-corrected chi connectivity index (χ0v) is 12.9. The van der Waals surface area contributed by atoms with Crippen LogP contribution in [-0.4, -0.2) is 30.1 Å². The van der Waals surface area contributed by atoms with Crippen molar-refractivity contribution in [2.45, 2.75) is 58.7 Å². The Morgan fingerprint density at radius 1 is 1.39 bits per heavy atom. The predicted molar refractivity (Wildman–Crippen MR) is 80.3 cm³/mol. The first kappa shape index (κ1) is 14.0. The van der Waals surface area contributed by atoms with Gasteiger partial charge in [0.1, 0.15) is 0 Å². The quantitative estimate of drug-likeness (QED) is 0.896. The van der Waals surface area contributed by atoms with Gasteiger partial charge in [-0.3, -0.25) is 4.90 Å². The van der Waals surface area contributed by atoms with Crippen molar-refractivity contribution in [2.75, 3.05) is 13.1 Å². The van der Waals surface area contributed by atoms with Crippen LogP contribution in [0.5, 0.6) is 0 Å². The lowest BCUT2D eigenvalue weighted by Crippen LogP contribution is -2.56. The first-order valence-corrected chi connectivity index (χ1v) is 8.02. The number of piperazine rings is 1. The molecular formula is C15H26N2S. The second kappa shape index (κ2) is 6.18. The van der Waals surface area contributed by atoms with Crippen LogP contribution in [0.25, 0.3) is 0 Å². The zero-order chi connectivity index (χ0) is 13.1. The molecule has 3 atom stereocenters. The highest BCUT2D eigenvalue weighted by Crippen LogP contribution is 2.30. The van der Waals surface area contributed by atoms with Crippen molar-refractivity contribution in [3.05, 3.63) is 21.9 Å². The van der Waals surface area contributed by atoms with E-state index < -0.39 is 0 Å². The minimum absolute atomic E-state index is 0.560. The molecule has 1 aromatic heterocycles. The van der Waals surface area contributed by atoms with Gasteiger partial charge in [-0.1, -0.05) is 13.8 Å². The topological polar surface area (TPSA) is 15.3 Å². The van der Waals surface area contributed by atoms with Crippen LogP contribution >= 0.6 is 11.3 Å². The van der Waals surface area contributed by atoms with Crippen molar-refractivity contribution >= 4 is 11.3 Å². The Hall–Kier alpha value is -0.380. The number of thiophene rings is 1. The van der Waals surface area contributed by atoms with Crippen LogP contribution in [0, 0.1) is 6.92 Å². The lowest BCUT2D eigenvalue weighted by molar-refractivity contribution is 0.0865. The molecule has 1 saturated heterocycles. The van der Waals surface area contributed by atoms with E-state index in [2.05, 4.69) is 50.0 Å². The summed E-state index contributed by atoms with van der Waals surface area (Å²) < 4.78 is 0. The Labute approximate surface area is 115 Å². The number of hydrogen-bond acceptors (Lipinski definition) is 3. The summed E-state index contributed by atoms with van der Waals surface area (Å²) in [6.45, 7) is 11.5. The Morgan fingerprint density at radius 2 is 2.17 bits per heavy atom. The van der Waals surface area contributed by atoms with Crippen molar-refractivity contribution in [2.24, 2.45) is 0 Å². The number of rotatable bonds is 4. The molecule has 0 aromatic carbocycles. The van der Waals surface area contributed by atoms with Gasteiger partial charge >= 0.3 is 0 Å². The second-order valence-corrected chi connectivity index (χ2v) is 6.72. The molecule has 3 heteroatoms. The summed E-state index contributed by atoms with van der Waals surface area (Å²) in [5, 5.41) is 3.67. The molecular weight excluding hydrogens is 240 g/mol. The van der Waals surface area contributed by atoms with Crippen LogP contribution in [0.15, 0.2) is 12.1 Å². The maximum atomic E-state index is 3.67. The molecule has 0 amide bonds. The average Bonchev–Trinajstić information content (AvgIpc) is 2.83. The largest absolute Gasteiger partial charge is 0.311 e. The van der Waals surface area contributed by atoms with Crippen LogP contribution in [0.4, 0.5) is 0 Å². The van der Waals surface area contributed by atoms with Crippen molar-refractivity contribution < 1.29 is 0 Å². The molecule has 102 valence electrons. The Balaban J connectivity index is 2.12. The molecule has 3 unspecified atom stereocenters. The first-order chi connectivity index (χ1) is 8.65. The third-order valence-electron chi connectivity index (χ3n) is 4.18. The molecule has 2 heterocycles. The summed E-state index contributed by atoms with van der Waals surface area (Å²) in [6.07, 6.45) is 2.46. The SMILES string of the molecule is CCC1CN(C(C)c2ccc(C)s2)C(CC)CN1. The Bertz CT molecular complexity index is 374. The van der Waals surface area contributed by atoms with Crippen molar-refractivity contribution in [3.8, 4) is 0 Å². The molecule has 2 nitrogen and oxygen atoms in total. The monoisotopic (exact) mass is 266 g/mol. The highest BCUT2D eigenvalue weighted by Gasteiger charge is 2.30. The van der Waals surface area contributed by atoms with Crippen LogP contribution in [-0.2, 0) is 0 Å². The summed E-state index contributed by atoms with van der Waals surface area (Å²) in [5.74, 6) is 0. The van der Waals surface area contributed by atoms with Gasteiger partial charge in [0.15, 0.2) is 0 Å². The molecule has 1 aliphatic rings. The lowest BCUT2D eigenvalue weighted by Gasteiger charge is -2.43. The molecule has 1 fully saturated rings. The standard InChI is InChI=1S/C15H26N2S/c1-5-13-10-17(14(6-2)9-16-13)12(4)15-8-7-11(3)18-15/h7-8,12-14,16H,5-6,9-10H2,1-4H3. The molecule has 0 bridgehead atoms. The van der Waals surface area contributed by atoms with E-state index in [4.69, 9.17) is 0 Å². The van der Waals surface area contributed by atoms with Crippen LogP contribution in [0.3, 0.4) is 0 Å². The minimum atomic E-state index is 0.560. The van der Waals surface area contributed by atoms with Crippen molar-refractivity contribution in [1.82, 2.24) is 10.2 Å². The summed E-state index contributed by atoms with van der Waals surface area (Å²) >= 11 is 1.95. The van der Waals surface area contributed by atoms with E-state index in [-0.39, 0.29) is 0 Å². The van der Waals surface area contributed by atoms with Gasteiger partial charge in [-0.05, 0) is 38.8 Å². The molecule has 1 N–H and O–H groups in total. The van der Waals surface area contributed by atoms with E-state index in [1.165, 1.54) is 29.1 Å².